The summed E-state index contributed by atoms with van der Waals surface area (Å²) in [5, 5.41) is 3.14. The minimum atomic E-state index is -4.19. The molecule has 0 bridgehead atoms. The second-order valence-electron chi connectivity index (χ2n) is 2.49. The van der Waals surface area contributed by atoms with Crippen LogP contribution in [0.1, 0.15) is 12.1 Å². The Labute approximate surface area is 94.1 Å². The van der Waals surface area contributed by atoms with Crippen molar-refractivity contribution < 1.29 is 17.2 Å². The highest BCUT2D eigenvalue weighted by Gasteiger charge is 2.21. The van der Waals surface area contributed by atoms with Gasteiger partial charge in [-0.2, -0.15) is 0 Å². The van der Waals surface area contributed by atoms with E-state index in [0.717, 1.165) is 6.07 Å². The van der Waals surface area contributed by atoms with E-state index >= 15 is 0 Å². The average Bonchev–Trinajstić information content (AvgIpc) is 2.06. The summed E-state index contributed by atoms with van der Waals surface area (Å²) in [6.07, 6.45) is -3.03. The number of hydrogen-bond acceptors (Lipinski definition) is 3. The quantitative estimate of drug-likeness (QED) is 0.898. The fraction of sp³-hybridized carbons (Fsp3) is 0.167. The molecule has 0 saturated carbocycles. The zero-order valence-corrected chi connectivity index (χ0v) is 9.24. The number of nitrogens with two attached hydrogens (primary N) is 1. The van der Waals surface area contributed by atoms with Gasteiger partial charge in [-0.05, 0) is 6.07 Å². The molecule has 4 nitrogen and oxygen atoms in total. The predicted molar refractivity (Wildman–Crippen MR) is 50.6 cm³/mol. The van der Waals surface area contributed by atoms with E-state index in [-0.39, 0.29) is 5.02 Å². The van der Waals surface area contributed by atoms with E-state index in [4.69, 9.17) is 28.3 Å². The molecule has 0 amide bonds. The summed E-state index contributed by atoms with van der Waals surface area (Å²) < 4.78 is 46.3. The Morgan fingerprint density at radius 1 is 1.40 bits per heavy atom. The molecule has 2 N–H and O–H groups in total. The molecule has 1 rings (SSSR count). The summed E-state index contributed by atoms with van der Waals surface area (Å²) in [5.74, 6) is 0. The number of pyridine rings is 1. The molecule has 0 aliphatic heterocycles. The normalized spacial score (nSPS) is 12.1. The molecule has 0 aromatic carbocycles. The Balaban J connectivity index is 3.50. The van der Waals surface area contributed by atoms with Crippen molar-refractivity contribution in [2.45, 2.75) is 11.5 Å². The third kappa shape index (κ3) is 2.75. The number of alkyl halides is 2. The molecule has 15 heavy (non-hydrogen) atoms. The van der Waals surface area contributed by atoms with Gasteiger partial charge in [-0.1, -0.05) is 23.2 Å². The SMILES string of the molecule is NS(=O)(=O)c1cc(Cl)c(Cl)c(C(F)F)n1. The molecule has 0 aliphatic rings. The first-order valence-electron chi connectivity index (χ1n) is 3.40. The maximum Gasteiger partial charge on any atom is 0.281 e. The van der Waals surface area contributed by atoms with E-state index in [2.05, 4.69) is 4.98 Å². The fourth-order valence-electron chi connectivity index (χ4n) is 0.785. The first-order valence-corrected chi connectivity index (χ1v) is 5.70. The number of hydrogen-bond donors (Lipinski definition) is 1. The molecule has 0 spiro atoms. The summed E-state index contributed by atoms with van der Waals surface area (Å²) in [6, 6.07) is 0.811. The number of halogens is 4. The van der Waals surface area contributed by atoms with Gasteiger partial charge in [0.2, 0.25) is 0 Å². The maximum atomic E-state index is 12.3. The molecule has 9 heteroatoms. The number of primary sulfonamides is 1. The number of nitrogens with zero attached hydrogens (tertiary/aromatic N) is 1. The standard InChI is InChI=1S/C6H4Cl2F2N2O2S/c7-2-1-3(15(11,13)14)12-5(4(2)8)6(9)10/h1,6H,(H2,11,13,14). The third-order valence-corrected chi connectivity index (χ3v) is 3.00. The van der Waals surface area contributed by atoms with Gasteiger partial charge in [0.15, 0.2) is 5.03 Å². The lowest BCUT2D eigenvalue weighted by molar-refractivity contribution is 0.145. The van der Waals surface area contributed by atoms with Crippen molar-refractivity contribution in [3.05, 3.63) is 21.8 Å². The average molecular weight is 277 g/mol. The van der Waals surface area contributed by atoms with Crippen LogP contribution in [0.5, 0.6) is 0 Å². The Morgan fingerprint density at radius 3 is 2.33 bits per heavy atom. The van der Waals surface area contributed by atoms with E-state index < -0.39 is 32.2 Å². The largest absolute Gasteiger partial charge is 0.281 e. The van der Waals surface area contributed by atoms with Crippen molar-refractivity contribution in [3.63, 3.8) is 0 Å². The van der Waals surface area contributed by atoms with Crippen LogP contribution < -0.4 is 5.14 Å². The van der Waals surface area contributed by atoms with Gasteiger partial charge in [0.05, 0.1) is 10.0 Å². The van der Waals surface area contributed by atoms with E-state index in [0.29, 0.717) is 0 Å². The van der Waals surface area contributed by atoms with Crippen molar-refractivity contribution >= 4 is 33.2 Å². The zero-order valence-electron chi connectivity index (χ0n) is 6.92. The molecule has 0 saturated heterocycles. The van der Waals surface area contributed by atoms with Crippen molar-refractivity contribution in [1.82, 2.24) is 4.98 Å². The van der Waals surface area contributed by atoms with Gasteiger partial charge in [0, 0.05) is 0 Å². The highest BCUT2D eigenvalue weighted by atomic mass is 35.5. The van der Waals surface area contributed by atoms with Gasteiger partial charge in [-0.25, -0.2) is 27.3 Å². The molecule has 0 atom stereocenters. The summed E-state index contributed by atoms with van der Waals surface area (Å²) in [6.45, 7) is 0. The van der Waals surface area contributed by atoms with Gasteiger partial charge in [0.1, 0.15) is 5.69 Å². The second-order valence-corrected chi connectivity index (χ2v) is 4.78. The summed E-state index contributed by atoms with van der Waals surface area (Å²) in [5.41, 5.74) is -0.909. The lowest BCUT2D eigenvalue weighted by atomic mass is 10.3. The van der Waals surface area contributed by atoms with Crippen LogP contribution >= 0.6 is 23.2 Å². The van der Waals surface area contributed by atoms with Crippen molar-refractivity contribution in [3.8, 4) is 0 Å². The van der Waals surface area contributed by atoms with Crippen LogP contribution in [-0.4, -0.2) is 13.4 Å². The van der Waals surface area contributed by atoms with Crippen LogP contribution in [0.4, 0.5) is 8.78 Å². The number of sulfonamides is 1. The van der Waals surface area contributed by atoms with E-state index in [1.807, 2.05) is 0 Å². The van der Waals surface area contributed by atoms with Crippen LogP contribution in [-0.2, 0) is 10.0 Å². The predicted octanol–water partition coefficient (Wildman–Crippen LogP) is 1.97. The first kappa shape index (κ1) is 12.6. The van der Waals surface area contributed by atoms with Gasteiger partial charge in [-0.15, -0.1) is 0 Å². The lowest BCUT2D eigenvalue weighted by Gasteiger charge is -2.06. The smallest absolute Gasteiger partial charge is 0.232 e. The molecular formula is C6H4Cl2F2N2O2S. The Kier molecular flexibility index (Phi) is 3.49. The molecule has 0 unspecified atom stereocenters. The van der Waals surface area contributed by atoms with Crippen molar-refractivity contribution in [2.75, 3.05) is 0 Å². The summed E-state index contributed by atoms with van der Waals surface area (Å²) in [4.78, 5) is 3.12. The van der Waals surface area contributed by atoms with Crippen LogP contribution in [0.2, 0.25) is 10.0 Å². The summed E-state index contributed by atoms with van der Waals surface area (Å²) in [7, 11) is -4.19. The molecule has 0 fully saturated rings. The van der Waals surface area contributed by atoms with Crippen LogP contribution in [0.15, 0.2) is 11.1 Å². The first-order chi connectivity index (χ1) is 6.73. The minimum absolute atomic E-state index is 0.342. The maximum absolute atomic E-state index is 12.3. The van der Waals surface area contributed by atoms with Crippen LogP contribution in [0.3, 0.4) is 0 Å². The van der Waals surface area contributed by atoms with E-state index in [1.54, 1.807) is 0 Å². The second kappa shape index (κ2) is 4.17. The number of rotatable bonds is 2. The molecule has 0 aliphatic carbocycles. The minimum Gasteiger partial charge on any atom is -0.232 e. The monoisotopic (exact) mass is 276 g/mol. The lowest BCUT2D eigenvalue weighted by Crippen LogP contribution is -2.15. The molecule has 1 heterocycles. The van der Waals surface area contributed by atoms with Gasteiger partial charge >= 0.3 is 0 Å². The van der Waals surface area contributed by atoms with E-state index in [9.17, 15) is 17.2 Å². The van der Waals surface area contributed by atoms with Gasteiger partial charge in [0.25, 0.3) is 16.4 Å². The summed E-state index contributed by atoms with van der Waals surface area (Å²) >= 11 is 10.8. The van der Waals surface area contributed by atoms with Gasteiger partial charge < -0.3 is 0 Å². The third-order valence-electron chi connectivity index (χ3n) is 1.41. The Bertz CT molecular complexity index is 492. The molecule has 84 valence electrons. The Morgan fingerprint density at radius 2 is 1.93 bits per heavy atom. The van der Waals surface area contributed by atoms with Crippen LogP contribution in [0, 0.1) is 0 Å². The van der Waals surface area contributed by atoms with Gasteiger partial charge in [-0.3, -0.25) is 0 Å². The topological polar surface area (TPSA) is 73.1 Å². The fourth-order valence-corrected chi connectivity index (χ4v) is 1.74. The van der Waals surface area contributed by atoms with Crippen LogP contribution in [0.25, 0.3) is 0 Å². The molecule has 0 radical (unpaired) electrons. The number of aromatic nitrogens is 1. The molecular weight excluding hydrogens is 273 g/mol. The molecule has 1 aromatic rings. The van der Waals surface area contributed by atoms with Crippen molar-refractivity contribution in [2.24, 2.45) is 5.14 Å². The Hall–Kier alpha value is -0.500. The highest BCUT2D eigenvalue weighted by Crippen LogP contribution is 2.32. The van der Waals surface area contributed by atoms with E-state index in [1.165, 1.54) is 0 Å². The molecule has 1 aromatic heterocycles. The highest BCUT2D eigenvalue weighted by molar-refractivity contribution is 7.89. The van der Waals surface area contributed by atoms with Crippen molar-refractivity contribution in [1.29, 1.82) is 0 Å². The zero-order chi connectivity index (χ0) is 11.8.